The first-order valence-electron chi connectivity index (χ1n) is 11.5. The van der Waals surface area contributed by atoms with Gasteiger partial charge in [0.2, 0.25) is 0 Å². The van der Waals surface area contributed by atoms with Crippen LogP contribution >= 0.6 is 0 Å². The first kappa shape index (κ1) is 22.6. The lowest BCUT2D eigenvalue weighted by Crippen LogP contribution is -2.61. The molecule has 0 spiro atoms. The molecular weight excluding hydrogens is 378 g/mol. The summed E-state index contributed by atoms with van der Waals surface area (Å²) in [5.41, 5.74) is 1.07. The summed E-state index contributed by atoms with van der Waals surface area (Å²) < 4.78 is 13.1. The fourth-order valence-electron chi connectivity index (χ4n) is 7.54. The van der Waals surface area contributed by atoms with E-state index in [1.165, 1.54) is 19.3 Å². The van der Waals surface area contributed by atoms with Crippen LogP contribution in [0.2, 0.25) is 16.6 Å². The Morgan fingerprint density at radius 3 is 2.03 bits per heavy atom. The lowest BCUT2D eigenvalue weighted by Gasteiger charge is -2.60. The number of hydrogen-bond acceptors (Lipinski definition) is 4. The van der Waals surface area contributed by atoms with Crippen molar-refractivity contribution in [3.8, 4) is 6.07 Å². The monoisotopic (exact) mass is 417 g/mol. The van der Waals surface area contributed by atoms with Crippen molar-refractivity contribution in [2.45, 2.75) is 95.9 Å². The number of ether oxygens (including phenoxy) is 1. The van der Waals surface area contributed by atoms with Gasteiger partial charge in [-0.2, -0.15) is 5.26 Å². The highest BCUT2D eigenvalue weighted by Gasteiger charge is 2.60. The minimum atomic E-state index is -1.98. The fraction of sp³-hybridized carbons (Fsp3) is 0.833. The summed E-state index contributed by atoms with van der Waals surface area (Å²) in [4.78, 5) is 12.6. The minimum absolute atomic E-state index is 0.0873. The third-order valence-corrected chi connectivity index (χ3v) is 14.4. The normalized spacial score (nSPS) is 33.4. The summed E-state index contributed by atoms with van der Waals surface area (Å²) in [7, 11) is -1.98. The fourth-order valence-corrected chi connectivity index (χ4v) is 13.0. The van der Waals surface area contributed by atoms with Gasteiger partial charge in [0.15, 0.2) is 8.32 Å². The van der Waals surface area contributed by atoms with Crippen LogP contribution in [-0.4, -0.2) is 26.5 Å². The Balaban J connectivity index is 1.87. The van der Waals surface area contributed by atoms with Crippen LogP contribution in [-0.2, 0) is 14.0 Å². The van der Waals surface area contributed by atoms with Crippen LogP contribution in [0.3, 0.4) is 0 Å². The summed E-state index contributed by atoms with van der Waals surface area (Å²) in [6.07, 6.45) is 5.60. The van der Waals surface area contributed by atoms with E-state index in [0.29, 0.717) is 41.0 Å². The Labute approximate surface area is 178 Å². The Morgan fingerprint density at radius 2 is 1.59 bits per heavy atom. The molecule has 0 radical (unpaired) electrons. The molecule has 0 aromatic rings. The summed E-state index contributed by atoms with van der Waals surface area (Å²) >= 11 is 0. The lowest BCUT2D eigenvalue weighted by atomic mass is 9.50. The number of hydrogen-bond donors (Lipinski definition) is 0. The van der Waals surface area contributed by atoms with Crippen molar-refractivity contribution < 1.29 is 14.0 Å². The second-order valence-electron chi connectivity index (χ2n) is 10.9. The van der Waals surface area contributed by atoms with E-state index in [4.69, 9.17) is 14.4 Å². The smallest absolute Gasteiger partial charge is 0.348 e. The summed E-state index contributed by atoms with van der Waals surface area (Å²) in [6, 6.07) is 1.87. The molecule has 4 nitrogen and oxygen atoms in total. The molecule has 4 aliphatic carbocycles. The van der Waals surface area contributed by atoms with Gasteiger partial charge >= 0.3 is 5.97 Å². The van der Waals surface area contributed by atoms with Gasteiger partial charge < -0.3 is 9.16 Å². The second-order valence-corrected chi connectivity index (χ2v) is 16.3. The number of rotatable bonds is 8. The van der Waals surface area contributed by atoms with Gasteiger partial charge in [-0.3, -0.25) is 0 Å². The number of nitrogens with zero attached hydrogens (tertiary/aromatic N) is 1. The van der Waals surface area contributed by atoms with E-state index < -0.39 is 19.9 Å². The number of nitriles is 1. The maximum absolute atomic E-state index is 12.6. The van der Waals surface area contributed by atoms with Crippen molar-refractivity contribution >= 4 is 14.3 Å². The number of carbonyl (C=O) groups is 1. The zero-order valence-corrected chi connectivity index (χ0v) is 20.2. The Bertz CT molecular complexity index is 657. The van der Waals surface area contributed by atoms with Crippen molar-refractivity contribution in [1.82, 2.24) is 0 Å². The molecule has 4 saturated carbocycles. The molecule has 5 heteroatoms. The van der Waals surface area contributed by atoms with Crippen LogP contribution in [0.5, 0.6) is 0 Å². The molecule has 4 rings (SSSR count). The van der Waals surface area contributed by atoms with Crippen LogP contribution in [0.4, 0.5) is 0 Å². The molecule has 4 bridgehead atoms. The van der Waals surface area contributed by atoms with Crippen LogP contribution < -0.4 is 0 Å². The van der Waals surface area contributed by atoms with Gasteiger partial charge in [0, 0.05) is 12.5 Å². The molecule has 29 heavy (non-hydrogen) atoms. The quantitative estimate of drug-likeness (QED) is 0.210. The third-order valence-electron chi connectivity index (χ3n) is 8.35. The minimum Gasteiger partial charge on any atom is -0.455 e. The van der Waals surface area contributed by atoms with E-state index in [2.05, 4.69) is 48.1 Å². The molecule has 0 aliphatic heterocycles. The predicted octanol–water partition coefficient (Wildman–Crippen LogP) is 6.00. The Kier molecular flexibility index (Phi) is 6.37. The van der Waals surface area contributed by atoms with Crippen LogP contribution in [0, 0.1) is 35.0 Å². The highest BCUT2D eigenvalue weighted by molar-refractivity contribution is 6.77. The lowest BCUT2D eigenvalue weighted by molar-refractivity contribution is -0.209. The maximum atomic E-state index is 12.6. The van der Waals surface area contributed by atoms with Gasteiger partial charge in [-0.25, -0.2) is 4.79 Å². The average Bonchev–Trinajstić information content (AvgIpc) is 2.61. The standard InChI is InChI=1S/C24H39NO3Si/c1-15(2)29(16(3)4,17(5)6)27-14-22-21-9-19-8-20(10-21)12-24(22,11-19)28-23(26)18(7)13-25/h15-17,19-22H,7-12,14H2,1-6H3. The van der Waals surface area contributed by atoms with Crippen molar-refractivity contribution in [3.05, 3.63) is 12.2 Å². The first-order valence-corrected chi connectivity index (χ1v) is 13.7. The first-order chi connectivity index (χ1) is 13.6. The molecule has 0 N–H and O–H groups in total. The Hall–Kier alpha value is -1.12. The van der Waals surface area contributed by atoms with E-state index in [1.807, 2.05) is 6.07 Å². The molecule has 0 aromatic heterocycles. The summed E-state index contributed by atoms with van der Waals surface area (Å²) in [6.45, 7) is 18.2. The van der Waals surface area contributed by atoms with Crippen molar-refractivity contribution in [1.29, 1.82) is 5.26 Å². The van der Waals surface area contributed by atoms with E-state index in [-0.39, 0.29) is 11.5 Å². The molecule has 3 atom stereocenters. The van der Waals surface area contributed by atoms with E-state index in [9.17, 15) is 4.79 Å². The average molecular weight is 418 g/mol. The van der Waals surface area contributed by atoms with Gasteiger partial charge in [-0.1, -0.05) is 48.1 Å². The molecule has 4 fully saturated rings. The van der Waals surface area contributed by atoms with Gasteiger partial charge in [-0.15, -0.1) is 0 Å². The van der Waals surface area contributed by atoms with Crippen molar-refractivity contribution in [2.24, 2.45) is 23.7 Å². The van der Waals surface area contributed by atoms with Crippen LogP contribution in [0.1, 0.15) is 73.6 Å². The number of esters is 1. The molecule has 3 unspecified atom stereocenters. The Morgan fingerprint density at radius 1 is 1.07 bits per heavy atom. The van der Waals surface area contributed by atoms with Crippen LogP contribution in [0.15, 0.2) is 12.2 Å². The topological polar surface area (TPSA) is 59.3 Å². The summed E-state index contributed by atoms with van der Waals surface area (Å²) in [5.74, 6) is 1.58. The molecule has 0 heterocycles. The molecule has 162 valence electrons. The van der Waals surface area contributed by atoms with Gasteiger partial charge in [0.05, 0.1) is 0 Å². The second kappa shape index (κ2) is 8.19. The number of carbonyl (C=O) groups excluding carboxylic acids is 1. The van der Waals surface area contributed by atoms with Crippen LogP contribution in [0.25, 0.3) is 0 Å². The summed E-state index contributed by atoms with van der Waals surface area (Å²) in [5, 5.41) is 9.11. The van der Waals surface area contributed by atoms with E-state index >= 15 is 0 Å². The largest absolute Gasteiger partial charge is 0.455 e. The van der Waals surface area contributed by atoms with E-state index in [0.717, 1.165) is 12.8 Å². The van der Waals surface area contributed by atoms with Crippen molar-refractivity contribution in [2.75, 3.05) is 6.61 Å². The van der Waals surface area contributed by atoms with Gasteiger partial charge in [0.1, 0.15) is 17.2 Å². The molecule has 0 saturated heterocycles. The van der Waals surface area contributed by atoms with Crippen molar-refractivity contribution in [3.63, 3.8) is 0 Å². The molecule has 0 aromatic carbocycles. The maximum Gasteiger partial charge on any atom is 0.348 e. The SMILES string of the molecule is C=C(C#N)C(=O)OC12CC3CC(CC(C3)C1CO[Si](C(C)C)(C(C)C)C(C)C)C2. The zero-order chi connectivity index (χ0) is 21.6. The molecule has 4 aliphatic rings. The third kappa shape index (κ3) is 3.83. The highest BCUT2D eigenvalue weighted by atomic mass is 28.4. The molecule has 0 amide bonds. The van der Waals surface area contributed by atoms with Gasteiger partial charge in [-0.05, 0) is 66.5 Å². The van der Waals surface area contributed by atoms with Gasteiger partial charge in [0.25, 0.3) is 0 Å². The van der Waals surface area contributed by atoms with E-state index in [1.54, 1.807) is 0 Å². The molecular formula is C24H39NO3Si. The predicted molar refractivity (Wildman–Crippen MR) is 118 cm³/mol. The zero-order valence-electron chi connectivity index (χ0n) is 19.2. The highest BCUT2D eigenvalue weighted by Crippen LogP contribution is 2.60.